The Bertz CT molecular complexity index is 335. The zero-order chi connectivity index (χ0) is 12.6. The molecule has 0 unspecified atom stereocenters. The van der Waals surface area contributed by atoms with E-state index in [4.69, 9.17) is 4.74 Å². The maximum Gasteiger partial charge on any atom is 0.0716 e. The highest BCUT2D eigenvalue weighted by atomic mass is 79.9. The minimum atomic E-state index is 0.730. The molecule has 2 nitrogen and oxygen atoms in total. The summed E-state index contributed by atoms with van der Waals surface area (Å²) in [5, 5.41) is 3.53. The second-order valence-corrected chi connectivity index (χ2v) is 5.88. The minimum absolute atomic E-state index is 0.730. The molecule has 1 aliphatic rings. The van der Waals surface area contributed by atoms with E-state index in [0.717, 1.165) is 23.7 Å². The number of unbranched alkanes of at least 4 members (excludes halogenated alkanes) is 2. The smallest absolute Gasteiger partial charge is 0.0716 e. The van der Waals surface area contributed by atoms with E-state index in [0.29, 0.717) is 0 Å². The van der Waals surface area contributed by atoms with Crippen LogP contribution in [0, 0.1) is 0 Å². The molecule has 0 saturated heterocycles. The Morgan fingerprint density at radius 2 is 1.89 bits per heavy atom. The molecule has 0 heterocycles. The van der Waals surface area contributed by atoms with Crippen LogP contribution < -0.4 is 5.32 Å². The topological polar surface area (TPSA) is 21.3 Å². The van der Waals surface area contributed by atoms with E-state index < -0.39 is 0 Å². The number of rotatable bonds is 9. The second kappa shape index (κ2) is 7.93. The molecule has 1 aliphatic carbocycles. The summed E-state index contributed by atoms with van der Waals surface area (Å²) in [6.45, 7) is 2.78. The van der Waals surface area contributed by atoms with Gasteiger partial charge in [-0.25, -0.2) is 0 Å². The maximum absolute atomic E-state index is 5.66. The lowest BCUT2D eigenvalue weighted by atomic mass is 10.2. The number of hydrogen-bond donors (Lipinski definition) is 1. The van der Waals surface area contributed by atoms with E-state index >= 15 is 0 Å². The average molecular weight is 312 g/mol. The van der Waals surface area contributed by atoms with Crippen molar-refractivity contribution in [2.45, 2.75) is 44.8 Å². The summed E-state index contributed by atoms with van der Waals surface area (Å²) in [4.78, 5) is 0. The fraction of sp³-hybridized carbons (Fsp3) is 0.600. The van der Waals surface area contributed by atoms with Crippen molar-refractivity contribution in [2.75, 3.05) is 13.2 Å². The first-order valence-electron chi connectivity index (χ1n) is 6.90. The Hall–Kier alpha value is -0.380. The standard InChI is InChI=1S/C15H22BrNO/c16-14-6-4-13(5-7-14)12-18-11-3-1-2-10-17-15-8-9-15/h4-7,15,17H,1-3,8-12H2. The van der Waals surface area contributed by atoms with Gasteiger partial charge in [-0.05, 0) is 56.3 Å². The van der Waals surface area contributed by atoms with Crippen LogP contribution in [0.15, 0.2) is 28.7 Å². The molecule has 1 fully saturated rings. The van der Waals surface area contributed by atoms with Crippen molar-refractivity contribution in [1.82, 2.24) is 5.32 Å². The average Bonchev–Trinajstić information content (AvgIpc) is 3.19. The Kier molecular flexibility index (Phi) is 6.18. The lowest BCUT2D eigenvalue weighted by Crippen LogP contribution is -2.17. The minimum Gasteiger partial charge on any atom is -0.377 e. The van der Waals surface area contributed by atoms with Crippen LogP contribution in [0.4, 0.5) is 0 Å². The van der Waals surface area contributed by atoms with Gasteiger partial charge in [0.05, 0.1) is 6.61 Å². The molecule has 1 saturated carbocycles. The van der Waals surface area contributed by atoms with Gasteiger partial charge in [-0.3, -0.25) is 0 Å². The van der Waals surface area contributed by atoms with E-state index in [-0.39, 0.29) is 0 Å². The van der Waals surface area contributed by atoms with Crippen molar-refractivity contribution in [3.8, 4) is 0 Å². The van der Waals surface area contributed by atoms with E-state index in [9.17, 15) is 0 Å². The molecule has 0 radical (unpaired) electrons. The number of hydrogen-bond acceptors (Lipinski definition) is 2. The van der Waals surface area contributed by atoms with Crippen LogP contribution in [-0.2, 0) is 11.3 Å². The summed E-state index contributed by atoms with van der Waals surface area (Å²) < 4.78 is 6.78. The molecule has 0 spiro atoms. The largest absolute Gasteiger partial charge is 0.377 e. The normalized spacial score (nSPS) is 14.9. The lowest BCUT2D eigenvalue weighted by Gasteiger charge is -2.05. The van der Waals surface area contributed by atoms with Crippen LogP contribution in [0.1, 0.15) is 37.7 Å². The third-order valence-corrected chi connectivity index (χ3v) is 3.69. The van der Waals surface area contributed by atoms with Gasteiger partial charge in [0.15, 0.2) is 0 Å². The molecule has 1 aromatic rings. The first kappa shape index (κ1) is 14.0. The van der Waals surface area contributed by atoms with E-state index in [2.05, 4.69) is 45.5 Å². The van der Waals surface area contributed by atoms with Crippen LogP contribution in [0.25, 0.3) is 0 Å². The Morgan fingerprint density at radius 1 is 1.11 bits per heavy atom. The number of halogens is 1. The van der Waals surface area contributed by atoms with Gasteiger partial charge in [-0.15, -0.1) is 0 Å². The summed E-state index contributed by atoms with van der Waals surface area (Å²) in [5.41, 5.74) is 1.24. The van der Waals surface area contributed by atoms with Crippen molar-refractivity contribution >= 4 is 15.9 Å². The highest BCUT2D eigenvalue weighted by Gasteiger charge is 2.19. The molecule has 3 heteroatoms. The fourth-order valence-electron chi connectivity index (χ4n) is 1.87. The van der Waals surface area contributed by atoms with E-state index in [1.807, 2.05) is 0 Å². The molecule has 1 aromatic carbocycles. The second-order valence-electron chi connectivity index (χ2n) is 4.97. The van der Waals surface area contributed by atoms with Gasteiger partial charge in [-0.2, -0.15) is 0 Å². The quantitative estimate of drug-likeness (QED) is 0.699. The first-order valence-corrected chi connectivity index (χ1v) is 7.69. The molecule has 1 N–H and O–H groups in total. The van der Waals surface area contributed by atoms with Gasteiger partial charge < -0.3 is 10.1 Å². The SMILES string of the molecule is Brc1ccc(COCCCCCNC2CC2)cc1. The van der Waals surface area contributed by atoms with Gasteiger partial charge in [0, 0.05) is 17.1 Å². The zero-order valence-electron chi connectivity index (χ0n) is 10.8. The van der Waals surface area contributed by atoms with Crippen molar-refractivity contribution in [1.29, 1.82) is 0 Å². The summed E-state index contributed by atoms with van der Waals surface area (Å²) in [6.07, 6.45) is 6.48. The maximum atomic E-state index is 5.66. The predicted octanol–water partition coefficient (Wildman–Crippen LogP) is 3.89. The van der Waals surface area contributed by atoms with E-state index in [1.54, 1.807) is 0 Å². The fourth-order valence-corrected chi connectivity index (χ4v) is 2.13. The van der Waals surface area contributed by atoms with Crippen molar-refractivity contribution in [3.63, 3.8) is 0 Å². The third kappa shape index (κ3) is 5.98. The zero-order valence-corrected chi connectivity index (χ0v) is 12.4. The number of ether oxygens (including phenoxy) is 1. The Balaban J connectivity index is 1.42. The number of benzene rings is 1. The van der Waals surface area contributed by atoms with Gasteiger partial charge in [-0.1, -0.05) is 28.1 Å². The molecule has 0 atom stereocenters. The van der Waals surface area contributed by atoms with Crippen LogP contribution in [0.2, 0.25) is 0 Å². The number of nitrogens with one attached hydrogen (secondary N) is 1. The van der Waals surface area contributed by atoms with Crippen LogP contribution in [-0.4, -0.2) is 19.2 Å². The monoisotopic (exact) mass is 311 g/mol. The van der Waals surface area contributed by atoms with Crippen LogP contribution >= 0.6 is 15.9 Å². The predicted molar refractivity (Wildman–Crippen MR) is 78.7 cm³/mol. The summed E-state index contributed by atoms with van der Waals surface area (Å²) >= 11 is 3.43. The van der Waals surface area contributed by atoms with Crippen LogP contribution in [0.3, 0.4) is 0 Å². The molecule has 0 bridgehead atoms. The molecular weight excluding hydrogens is 290 g/mol. The summed E-state index contributed by atoms with van der Waals surface area (Å²) in [7, 11) is 0. The molecule has 18 heavy (non-hydrogen) atoms. The molecule has 0 aliphatic heterocycles. The first-order chi connectivity index (χ1) is 8.84. The van der Waals surface area contributed by atoms with Crippen molar-refractivity contribution < 1.29 is 4.74 Å². The summed E-state index contributed by atoms with van der Waals surface area (Å²) in [6, 6.07) is 9.16. The van der Waals surface area contributed by atoms with Gasteiger partial charge in [0.25, 0.3) is 0 Å². The lowest BCUT2D eigenvalue weighted by molar-refractivity contribution is 0.117. The summed E-state index contributed by atoms with van der Waals surface area (Å²) in [5.74, 6) is 0. The highest BCUT2D eigenvalue weighted by molar-refractivity contribution is 9.10. The molecule has 2 rings (SSSR count). The molecule has 0 aromatic heterocycles. The Morgan fingerprint density at radius 3 is 2.61 bits per heavy atom. The third-order valence-electron chi connectivity index (χ3n) is 3.16. The molecule has 0 amide bonds. The highest BCUT2D eigenvalue weighted by Crippen LogP contribution is 2.18. The van der Waals surface area contributed by atoms with Gasteiger partial charge >= 0.3 is 0 Å². The van der Waals surface area contributed by atoms with Crippen LogP contribution in [0.5, 0.6) is 0 Å². The molecule has 100 valence electrons. The van der Waals surface area contributed by atoms with Gasteiger partial charge in [0.2, 0.25) is 0 Å². The van der Waals surface area contributed by atoms with Crippen molar-refractivity contribution in [3.05, 3.63) is 34.3 Å². The molecular formula is C15H22BrNO. The van der Waals surface area contributed by atoms with Gasteiger partial charge in [0.1, 0.15) is 0 Å². The Labute approximate surface area is 118 Å². The van der Waals surface area contributed by atoms with E-state index in [1.165, 1.54) is 44.2 Å². The van der Waals surface area contributed by atoms with Crippen molar-refractivity contribution in [2.24, 2.45) is 0 Å².